The minimum atomic E-state index is -0.731. The lowest BCUT2D eigenvalue weighted by molar-refractivity contribution is -0.137. The SMILES string of the molecule is CC1(C(O)c2ccc(F)cc2)CCN(C(=O)COc2ccc(Cl)cc2N2CCC(CC(N)=O)CC2)CC1. The summed E-state index contributed by atoms with van der Waals surface area (Å²) in [5.74, 6) is 0.161. The zero-order valence-electron chi connectivity index (χ0n) is 21.2. The average molecular weight is 532 g/mol. The Bertz CT molecular complexity index is 1100. The summed E-state index contributed by atoms with van der Waals surface area (Å²) in [6.07, 6.45) is 2.63. The van der Waals surface area contributed by atoms with Gasteiger partial charge in [-0.25, -0.2) is 4.39 Å². The molecule has 200 valence electrons. The van der Waals surface area contributed by atoms with E-state index < -0.39 is 11.5 Å². The summed E-state index contributed by atoms with van der Waals surface area (Å²) in [6, 6.07) is 11.3. The van der Waals surface area contributed by atoms with E-state index >= 15 is 0 Å². The summed E-state index contributed by atoms with van der Waals surface area (Å²) in [5.41, 5.74) is 6.47. The highest BCUT2D eigenvalue weighted by Crippen LogP contribution is 2.42. The number of rotatable bonds is 8. The zero-order valence-corrected chi connectivity index (χ0v) is 21.9. The highest BCUT2D eigenvalue weighted by Gasteiger charge is 2.38. The second-order valence-corrected chi connectivity index (χ2v) is 10.9. The van der Waals surface area contributed by atoms with Crippen molar-refractivity contribution in [2.24, 2.45) is 17.1 Å². The molecule has 0 aromatic heterocycles. The van der Waals surface area contributed by atoms with Crippen LogP contribution < -0.4 is 15.4 Å². The number of amides is 2. The lowest BCUT2D eigenvalue weighted by Gasteiger charge is -2.42. The normalized spacial score (nSPS) is 18.9. The molecule has 1 unspecified atom stereocenters. The first-order chi connectivity index (χ1) is 17.6. The molecule has 1 atom stereocenters. The number of benzene rings is 2. The molecule has 0 spiro atoms. The van der Waals surface area contributed by atoms with E-state index in [0.717, 1.165) is 31.6 Å². The number of carbonyl (C=O) groups is 2. The lowest BCUT2D eigenvalue weighted by Crippen LogP contribution is -2.45. The number of piperidine rings is 2. The maximum atomic E-state index is 13.3. The van der Waals surface area contributed by atoms with Crippen molar-refractivity contribution in [3.8, 4) is 5.75 Å². The Morgan fingerprint density at radius 3 is 2.41 bits per heavy atom. The maximum Gasteiger partial charge on any atom is 0.260 e. The predicted octanol–water partition coefficient (Wildman–Crippen LogP) is 4.31. The minimum Gasteiger partial charge on any atom is -0.482 e. The molecule has 7 nitrogen and oxygen atoms in total. The Morgan fingerprint density at radius 1 is 1.14 bits per heavy atom. The predicted molar refractivity (Wildman–Crippen MR) is 141 cm³/mol. The third-order valence-corrected chi connectivity index (χ3v) is 8.06. The van der Waals surface area contributed by atoms with Gasteiger partial charge in [-0.3, -0.25) is 9.59 Å². The van der Waals surface area contributed by atoms with E-state index in [0.29, 0.717) is 48.7 Å². The third kappa shape index (κ3) is 6.73. The number of hydrogen-bond donors (Lipinski definition) is 2. The van der Waals surface area contributed by atoms with Crippen LogP contribution in [-0.2, 0) is 9.59 Å². The largest absolute Gasteiger partial charge is 0.482 e. The molecule has 2 aliphatic rings. The molecule has 2 aromatic carbocycles. The van der Waals surface area contributed by atoms with E-state index in [1.807, 2.05) is 13.0 Å². The average Bonchev–Trinajstić information content (AvgIpc) is 2.88. The number of ether oxygens (including phenoxy) is 1. The monoisotopic (exact) mass is 531 g/mol. The van der Waals surface area contributed by atoms with Gasteiger partial charge in [0.25, 0.3) is 5.91 Å². The Kier molecular flexibility index (Phi) is 8.60. The van der Waals surface area contributed by atoms with Gasteiger partial charge >= 0.3 is 0 Å². The number of aliphatic hydroxyl groups excluding tert-OH is 1. The molecule has 3 N–H and O–H groups in total. The maximum absolute atomic E-state index is 13.3. The van der Waals surface area contributed by atoms with E-state index in [4.69, 9.17) is 22.1 Å². The lowest BCUT2D eigenvalue weighted by atomic mass is 9.73. The quantitative estimate of drug-likeness (QED) is 0.529. The van der Waals surface area contributed by atoms with Crippen LogP contribution in [0.25, 0.3) is 0 Å². The number of anilines is 1. The number of halogens is 2. The fraction of sp³-hybridized carbons (Fsp3) is 0.500. The second-order valence-electron chi connectivity index (χ2n) is 10.5. The first-order valence-corrected chi connectivity index (χ1v) is 13.2. The number of nitrogens with zero attached hydrogens (tertiary/aromatic N) is 2. The molecule has 2 amide bonds. The number of hydrogen-bond acceptors (Lipinski definition) is 5. The first-order valence-electron chi connectivity index (χ1n) is 12.8. The van der Waals surface area contributed by atoms with Gasteiger partial charge in [0.15, 0.2) is 6.61 Å². The first kappa shape index (κ1) is 27.2. The molecule has 2 heterocycles. The van der Waals surface area contributed by atoms with E-state index in [-0.39, 0.29) is 30.2 Å². The van der Waals surface area contributed by atoms with Crippen LogP contribution in [0.15, 0.2) is 42.5 Å². The number of carbonyl (C=O) groups excluding carboxylic acids is 2. The van der Waals surface area contributed by atoms with Crippen LogP contribution >= 0.6 is 11.6 Å². The highest BCUT2D eigenvalue weighted by atomic mass is 35.5. The van der Waals surface area contributed by atoms with Crippen molar-refractivity contribution in [2.75, 3.05) is 37.7 Å². The summed E-state index contributed by atoms with van der Waals surface area (Å²) >= 11 is 6.26. The summed E-state index contributed by atoms with van der Waals surface area (Å²) < 4.78 is 19.2. The second kappa shape index (κ2) is 11.7. The van der Waals surface area contributed by atoms with E-state index in [1.165, 1.54) is 12.1 Å². The van der Waals surface area contributed by atoms with E-state index in [9.17, 15) is 19.1 Å². The van der Waals surface area contributed by atoms with Gasteiger partial charge < -0.3 is 25.4 Å². The van der Waals surface area contributed by atoms with Crippen LogP contribution in [0.2, 0.25) is 5.02 Å². The summed E-state index contributed by atoms with van der Waals surface area (Å²) in [7, 11) is 0. The number of likely N-dealkylation sites (tertiary alicyclic amines) is 1. The Morgan fingerprint density at radius 2 is 1.78 bits per heavy atom. The van der Waals surface area contributed by atoms with Crippen LogP contribution in [-0.4, -0.2) is 54.6 Å². The van der Waals surface area contributed by atoms with Crippen LogP contribution in [0.3, 0.4) is 0 Å². The van der Waals surface area contributed by atoms with Crippen molar-refractivity contribution in [1.29, 1.82) is 0 Å². The molecule has 0 saturated carbocycles. The summed E-state index contributed by atoms with van der Waals surface area (Å²) in [4.78, 5) is 28.2. The Hall–Kier alpha value is -2.84. The van der Waals surface area contributed by atoms with E-state index in [2.05, 4.69) is 4.90 Å². The van der Waals surface area contributed by atoms with E-state index in [1.54, 1.807) is 29.2 Å². The fourth-order valence-electron chi connectivity index (χ4n) is 5.34. The van der Waals surface area contributed by atoms with Gasteiger partial charge in [0.1, 0.15) is 11.6 Å². The molecule has 37 heavy (non-hydrogen) atoms. The van der Waals surface area contributed by atoms with Crippen LogP contribution in [0, 0.1) is 17.2 Å². The van der Waals surface area contributed by atoms with Gasteiger partial charge in [0.05, 0.1) is 11.8 Å². The minimum absolute atomic E-state index is 0.0933. The molecule has 0 radical (unpaired) electrons. The number of primary amides is 1. The van der Waals surface area contributed by atoms with Gasteiger partial charge in [-0.05, 0) is 67.5 Å². The van der Waals surface area contributed by atoms with Crippen LogP contribution in [0.4, 0.5) is 10.1 Å². The van der Waals surface area contributed by atoms with Crippen molar-refractivity contribution in [2.45, 2.75) is 45.1 Å². The van der Waals surface area contributed by atoms with Crippen LogP contribution in [0.1, 0.15) is 50.7 Å². The molecule has 2 aliphatic heterocycles. The number of aliphatic hydroxyl groups is 1. The van der Waals surface area contributed by atoms with Crippen molar-refractivity contribution in [3.63, 3.8) is 0 Å². The molecule has 0 aliphatic carbocycles. The highest BCUT2D eigenvalue weighted by molar-refractivity contribution is 6.31. The van der Waals surface area contributed by atoms with Gasteiger partial charge in [-0.15, -0.1) is 0 Å². The van der Waals surface area contributed by atoms with Gasteiger partial charge in [0.2, 0.25) is 5.91 Å². The molecule has 2 fully saturated rings. The molecule has 0 bridgehead atoms. The van der Waals surface area contributed by atoms with Crippen LogP contribution in [0.5, 0.6) is 5.75 Å². The van der Waals surface area contributed by atoms with Crippen molar-refractivity contribution >= 4 is 29.1 Å². The molecular weight excluding hydrogens is 497 g/mol. The summed E-state index contributed by atoms with van der Waals surface area (Å²) in [5, 5.41) is 11.5. The van der Waals surface area contributed by atoms with Gasteiger partial charge in [-0.2, -0.15) is 0 Å². The molecule has 2 saturated heterocycles. The van der Waals surface area contributed by atoms with Crippen molar-refractivity contribution in [3.05, 3.63) is 58.9 Å². The summed E-state index contributed by atoms with van der Waals surface area (Å²) in [6.45, 7) is 4.44. The molecular formula is C28H35ClFN3O4. The molecule has 2 aromatic rings. The Balaban J connectivity index is 1.32. The standard InChI is InChI=1S/C28H35ClFN3O4/c1-28(27(36)20-2-5-22(30)6-3-20)10-14-33(15-11-28)26(35)18-37-24-7-4-21(29)17-23(24)32-12-8-19(9-13-32)16-25(31)34/h2-7,17,19,27,36H,8-16,18H2,1H3,(H2,31,34). The molecule has 4 rings (SSSR count). The van der Waals surface area contributed by atoms with Crippen molar-refractivity contribution < 1.29 is 23.8 Å². The zero-order chi connectivity index (χ0) is 26.6. The topological polar surface area (TPSA) is 96.1 Å². The van der Waals surface area contributed by atoms with Gasteiger partial charge in [-0.1, -0.05) is 30.7 Å². The van der Waals surface area contributed by atoms with Gasteiger partial charge in [0, 0.05) is 43.0 Å². The third-order valence-electron chi connectivity index (χ3n) is 7.82. The fourth-order valence-corrected chi connectivity index (χ4v) is 5.51. The Labute approximate surface area is 222 Å². The molecule has 9 heteroatoms. The smallest absolute Gasteiger partial charge is 0.260 e. The van der Waals surface area contributed by atoms with Crippen molar-refractivity contribution in [1.82, 2.24) is 4.90 Å². The number of nitrogens with two attached hydrogens (primary N) is 1.